The highest BCUT2D eigenvalue weighted by molar-refractivity contribution is 7.89. The van der Waals surface area contributed by atoms with Crippen LogP contribution in [-0.2, 0) is 21.3 Å². The Bertz CT molecular complexity index is 930. The Kier molecular flexibility index (Phi) is 6.21. The molecule has 158 valence electrons. The van der Waals surface area contributed by atoms with Gasteiger partial charge in [-0.15, -0.1) is 5.10 Å². The first-order chi connectivity index (χ1) is 13.9. The number of nitrogens with zero attached hydrogens (tertiary/aromatic N) is 3. The highest BCUT2D eigenvalue weighted by Crippen LogP contribution is 2.38. The predicted octanol–water partition coefficient (Wildman–Crippen LogP) is 2.09. The third kappa shape index (κ3) is 5.16. The summed E-state index contributed by atoms with van der Waals surface area (Å²) in [6.45, 7) is 0.434. The van der Waals surface area contributed by atoms with Crippen LogP contribution in [0, 0.1) is 0 Å². The molecular weight excluding hydrogens is 416 g/mol. The summed E-state index contributed by atoms with van der Waals surface area (Å²) in [6, 6.07) is 5.50. The maximum absolute atomic E-state index is 12.6. The van der Waals surface area contributed by atoms with E-state index in [4.69, 9.17) is 16.3 Å². The average molecular weight is 441 g/mol. The number of hydrogen-bond acceptors (Lipinski definition) is 6. The van der Waals surface area contributed by atoms with Crippen molar-refractivity contribution in [3.8, 4) is 0 Å². The number of aryl methyl sites for hydroxylation is 1. The van der Waals surface area contributed by atoms with Gasteiger partial charge in [0.2, 0.25) is 10.0 Å². The molecule has 2 fully saturated rings. The minimum absolute atomic E-state index is 0.0583. The SMILES string of the molecule is O=S(=O)(N[C@H]1CC[C@H](CCn2cc(C3CC3)nn2)O[C@H]1CO)c1ccc(Cl)cc1. The van der Waals surface area contributed by atoms with Gasteiger partial charge in [-0.3, -0.25) is 4.68 Å². The largest absolute Gasteiger partial charge is 0.394 e. The second-order valence-corrected chi connectivity index (χ2v) is 9.86. The first-order valence-electron chi connectivity index (χ1n) is 9.89. The minimum Gasteiger partial charge on any atom is -0.394 e. The van der Waals surface area contributed by atoms with Crippen LogP contribution in [0.15, 0.2) is 35.4 Å². The lowest BCUT2D eigenvalue weighted by molar-refractivity contribution is -0.0891. The van der Waals surface area contributed by atoms with E-state index in [1.807, 2.05) is 10.9 Å². The molecule has 0 unspecified atom stereocenters. The quantitative estimate of drug-likeness (QED) is 0.651. The van der Waals surface area contributed by atoms with Crippen LogP contribution >= 0.6 is 11.6 Å². The van der Waals surface area contributed by atoms with Crippen LogP contribution in [0.25, 0.3) is 0 Å². The molecule has 1 aliphatic carbocycles. The molecule has 0 radical (unpaired) electrons. The van der Waals surface area contributed by atoms with Gasteiger partial charge in [-0.2, -0.15) is 0 Å². The van der Waals surface area contributed by atoms with Crippen molar-refractivity contribution in [2.24, 2.45) is 0 Å². The van der Waals surface area contributed by atoms with Gasteiger partial charge in [0, 0.05) is 23.7 Å². The van der Waals surface area contributed by atoms with E-state index in [2.05, 4.69) is 15.0 Å². The van der Waals surface area contributed by atoms with Crippen molar-refractivity contribution in [3.63, 3.8) is 0 Å². The monoisotopic (exact) mass is 440 g/mol. The Balaban J connectivity index is 1.32. The second kappa shape index (κ2) is 8.69. The number of nitrogens with one attached hydrogen (secondary N) is 1. The number of sulfonamides is 1. The fraction of sp³-hybridized carbons (Fsp3) is 0.579. The number of rotatable bonds is 8. The van der Waals surface area contributed by atoms with E-state index in [-0.39, 0.29) is 17.6 Å². The zero-order valence-electron chi connectivity index (χ0n) is 15.9. The van der Waals surface area contributed by atoms with Crippen LogP contribution < -0.4 is 4.72 Å². The molecule has 1 aromatic carbocycles. The summed E-state index contributed by atoms with van der Waals surface area (Å²) in [5, 5.41) is 18.6. The summed E-state index contributed by atoms with van der Waals surface area (Å²) in [4.78, 5) is 0.137. The molecule has 8 nitrogen and oxygen atoms in total. The van der Waals surface area contributed by atoms with Gasteiger partial charge in [-0.1, -0.05) is 16.8 Å². The molecule has 2 N–H and O–H groups in total. The predicted molar refractivity (Wildman–Crippen MR) is 107 cm³/mol. The van der Waals surface area contributed by atoms with E-state index in [0.717, 1.165) is 12.1 Å². The summed E-state index contributed by atoms with van der Waals surface area (Å²) in [6.07, 6.45) is 5.76. The van der Waals surface area contributed by atoms with Crippen LogP contribution in [0.4, 0.5) is 0 Å². The number of aliphatic hydroxyl groups is 1. The Labute approximate surface area is 175 Å². The van der Waals surface area contributed by atoms with Gasteiger partial charge in [0.05, 0.1) is 35.4 Å². The number of ether oxygens (including phenoxy) is 1. The zero-order valence-corrected chi connectivity index (χ0v) is 17.5. The highest BCUT2D eigenvalue weighted by atomic mass is 35.5. The maximum Gasteiger partial charge on any atom is 0.240 e. The lowest BCUT2D eigenvalue weighted by Gasteiger charge is -2.36. The Morgan fingerprint density at radius 2 is 1.97 bits per heavy atom. The van der Waals surface area contributed by atoms with Gasteiger partial charge >= 0.3 is 0 Å². The lowest BCUT2D eigenvalue weighted by Crippen LogP contribution is -2.50. The molecule has 0 amide bonds. The van der Waals surface area contributed by atoms with E-state index in [0.29, 0.717) is 30.3 Å². The van der Waals surface area contributed by atoms with E-state index < -0.39 is 22.2 Å². The molecule has 0 bridgehead atoms. The summed E-state index contributed by atoms with van der Waals surface area (Å²) in [7, 11) is -3.71. The molecule has 29 heavy (non-hydrogen) atoms. The molecular formula is C19H25ClN4O4S. The Morgan fingerprint density at radius 1 is 1.21 bits per heavy atom. The van der Waals surface area contributed by atoms with E-state index in [9.17, 15) is 13.5 Å². The molecule has 1 aromatic heterocycles. The standard InChI is InChI=1S/C19H25ClN4O4S/c20-14-3-6-16(7-4-14)29(26,27)22-17-8-5-15(28-19(17)12-25)9-10-24-11-18(21-23-24)13-1-2-13/h3-4,6-7,11,13,15,17,19,22,25H,1-2,5,8-10,12H2/t15-,17+,19+/m1/s1. The molecule has 3 atom stereocenters. The molecule has 1 aliphatic heterocycles. The van der Waals surface area contributed by atoms with Crippen molar-refractivity contribution in [3.05, 3.63) is 41.2 Å². The smallest absolute Gasteiger partial charge is 0.240 e. The molecule has 1 saturated heterocycles. The Morgan fingerprint density at radius 3 is 2.66 bits per heavy atom. The average Bonchev–Trinajstić information content (AvgIpc) is 3.45. The van der Waals surface area contributed by atoms with Crippen LogP contribution in [0.2, 0.25) is 5.02 Å². The third-order valence-corrected chi connectivity index (χ3v) is 7.22. The second-order valence-electron chi connectivity index (χ2n) is 7.71. The Hall–Kier alpha value is -1.52. The normalized spacial score (nSPS) is 25.2. The number of hydrogen-bond donors (Lipinski definition) is 2. The molecule has 2 aliphatic rings. The van der Waals surface area contributed by atoms with Gasteiger partial charge in [0.15, 0.2) is 0 Å². The van der Waals surface area contributed by atoms with Crippen molar-refractivity contribution >= 4 is 21.6 Å². The summed E-state index contributed by atoms with van der Waals surface area (Å²) >= 11 is 5.83. The topological polar surface area (TPSA) is 106 Å². The number of aliphatic hydroxyl groups excluding tert-OH is 1. The molecule has 2 aromatic rings. The van der Waals surface area contributed by atoms with Crippen LogP contribution in [-0.4, -0.2) is 53.4 Å². The van der Waals surface area contributed by atoms with Crippen molar-refractivity contribution < 1.29 is 18.3 Å². The van der Waals surface area contributed by atoms with Gasteiger partial charge in [0.25, 0.3) is 0 Å². The maximum atomic E-state index is 12.6. The molecule has 4 rings (SSSR count). The first-order valence-corrected chi connectivity index (χ1v) is 11.7. The third-order valence-electron chi connectivity index (χ3n) is 5.46. The molecule has 0 spiro atoms. The number of aromatic nitrogens is 3. The fourth-order valence-electron chi connectivity index (χ4n) is 3.63. The van der Waals surface area contributed by atoms with E-state index in [1.165, 1.54) is 37.1 Å². The van der Waals surface area contributed by atoms with E-state index >= 15 is 0 Å². The van der Waals surface area contributed by atoms with Crippen molar-refractivity contribution in [1.29, 1.82) is 0 Å². The van der Waals surface area contributed by atoms with Gasteiger partial charge in [0.1, 0.15) is 0 Å². The van der Waals surface area contributed by atoms with Crippen LogP contribution in [0.3, 0.4) is 0 Å². The summed E-state index contributed by atoms with van der Waals surface area (Å²) in [5.74, 6) is 0.572. The van der Waals surface area contributed by atoms with Crippen molar-refractivity contribution in [1.82, 2.24) is 19.7 Å². The van der Waals surface area contributed by atoms with Crippen LogP contribution in [0.5, 0.6) is 0 Å². The van der Waals surface area contributed by atoms with Gasteiger partial charge < -0.3 is 9.84 Å². The minimum atomic E-state index is -3.71. The lowest BCUT2D eigenvalue weighted by atomic mass is 9.98. The number of halogens is 1. The first kappa shape index (κ1) is 20.7. The molecule has 2 heterocycles. The van der Waals surface area contributed by atoms with Gasteiger partial charge in [-0.05, 0) is 56.4 Å². The molecule has 1 saturated carbocycles. The summed E-state index contributed by atoms with van der Waals surface area (Å²) < 4.78 is 35.7. The highest BCUT2D eigenvalue weighted by Gasteiger charge is 2.34. The van der Waals surface area contributed by atoms with Crippen molar-refractivity contribution in [2.45, 2.75) is 67.7 Å². The van der Waals surface area contributed by atoms with E-state index in [1.54, 1.807) is 0 Å². The summed E-state index contributed by atoms with van der Waals surface area (Å²) in [5.41, 5.74) is 1.06. The number of benzene rings is 1. The zero-order chi connectivity index (χ0) is 20.4. The molecule has 10 heteroatoms. The van der Waals surface area contributed by atoms with Crippen LogP contribution in [0.1, 0.15) is 43.7 Å². The van der Waals surface area contributed by atoms with Gasteiger partial charge in [-0.25, -0.2) is 13.1 Å². The van der Waals surface area contributed by atoms with Crippen molar-refractivity contribution in [2.75, 3.05) is 6.61 Å². The fourth-order valence-corrected chi connectivity index (χ4v) is 5.05.